The van der Waals surface area contributed by atoms with Crippen molar-refractivity contribution in [3.63, 3.8) is 0 Å². The molecule has 0 heterocycles. The van der Waals surface area contributed by atoms with Gasteiger partial charge in [-0.25, -0.2) is 4.79 Å². The molecule has 0 bridgehead atoms. The Morgan fingerprint density at radius 1 is 0.714 bits per heavy atom. The predicted octanol–water partition coefficient (Wildman–Crippen LogP) is 6.22. The summed E-state index contributed by atoms with van der Waals surface area (Å²) in [4.78, 5) is 12.3. The predicted molar refractivity (Wildman–Crippen MR) is 144 cm³/mol. The summed E-state index contributed by atoms with van der Waals surface area (Å²) in [5.74, 6) is -0.281. The zero-order valence-corrected chi connectivity index (χ0v) is 19.6. The van der Waals surface area contributed by atoms with Gasteiger partial charge >= 0.3 is 5.97 Å². The van der Waals surface area contributed by atoms with Crippen LogP contribution in [-0.4, -0.2) is 12.6 Å². The molecule has 0 unspecified atom stereocenters. The summed E-state index contributed by atoms with van der Waals surface area (Å²) in [5, 5.41) is 0. The van der Waals surface area contributed by atoms with Gasteiger partial charge in [-0.3, -0.25) is 0 Å². The highest BCUT2D eigenvalue weighted by Crippen LogP contribution is 2.29. The van der Waals surface area contributed by atoms with E-state index in [9.17, 15) is 4.79 Å². The molecule has 4 nitrogen and oxygen atoms in total. The minimum atomic E-state index is -0.355. The van der Waals surface area contributed by atoms with Crippen LogP contribution < -0.4 is 11.5 Å². The van der Waals surface area contributed by atoms with Crippen molar-refractivity contribution in [2.75, 3.05) is 18.1 Å². The van der Waals surface area contributed by atoms with E-state index in [-0.39, 0.29) is 11.9 Å². The van der Waals surface area contributed by atoms with Crippen molar-refractivity contribution in [1.29, 1.82) is 0 Å². The van der Waals surface area contributed by atoms with E-state index in [4.69, 9.17) is 16.2 Å². The average Bonchev–Trinajstić information content (AvgIpc) is 2.88. The first-order valence-corrected chi connectivity index (χ1v) is 11.8. The maximum Gasteiger partial charge on any atom is 0.330 e. The van der Waals surface area contributed by atoms with Crippen molar-refractivity contribution in [3.05, 3.63) is 137 Å². The minimum Gasteiger partial charge on any atom is -0.462 e. The topological polar surface area (TPSA) is 78.3 Å². The number of esters is 1. The quantitative estimate of drug-likeness (QED) is 0.176. The second-order valence-electron chi connectivity index (χ2n) is 8.58. The molecular weight excluding hydrogens is 432 g/mol. The summed E-state index contributed by atoms with van der Waals surface area (Å²) in [6.45, 7) is 0.304. The Balaban J connectivity index is 1.32. The molecule has 35 heavy (non-hydrogen) atoms. The molecule has 0 saturated carbocycles. The van der Waals surface area contributed by atoms with Crippen LogP contribution in [0.15, 0.2) is 109 Å². The van der Waals surface area contributed by atoms with Gasteiger partial charge in [0.2, 0.25) is 0 Å². The van der Waals surface area contributed by atoms with Gasteiger partial charge in [-0.1, -0.05) is 78.9 Å². The van der Waals surface area contributed by atoms with Gasteiger partial charge in [0.15, 0.2) is 0 Å². The molecule has 4 N–H and O–H groups in total. The Hall–Kier alpha value is -4.31. The lowest BCUT2D eigenvalue weighted by molar-refractivity contribution is -0.137. The van der Waals surface area contributed by atoms with Gasteiger partial charge in [-0.05, 0) is 71.0 Å². The molecule has 0 amide bonds. The lowest BCUT2D eigenvalue weighted by Gasteiger charge is -2.18. The second kappa shape index (κ2) is 11.7. The lowest BCUT2D eigenvalue weighted by Crippen LogP contribution is -2.09. The molecule has 4 aromatic rings. The Bertz CT molecular complexity index is 1200. The molecule has 0 fully saturated rings. The van der Waals surface area contributed by atoms with Crippen LogP contribution in [0.1, 0.15) is 40.2 Å². The molecule has 176 valence electrons. The molecule has 4 aromatic carbocycles. The van der Waals surface area contributed by atoms with Crippen LogP contribution in [0.2, 0.25) is 0 Å². The molecule has 0 aliphatic rings. The molecule has 4 rings (SSSR count). The normalized spacial score (nSPS) is 11.1. The standard InChI is InChI=1S/C31H30N2O2/c32-28-15-11-26(12-16-28)30(27-13-17-29(33)18-14-27)20-21-35-31(34)19-10-23-6-8-25(9-7-23)22-24-4-2-1-3-5-24/h1-19,30H,20-22,32-33H2/b19-10+. The molecular formula is C31H30N2O2. The molecule has 0 aromatic heterocycles. The Morgan fingerprint density at radius 3 is 1.83 bits per heavy atom. The van der Waals surface area contributed by atoms with E-state index in [0.29, 0.717) is 13.0 Å². The van der Waals surface area contributed by atoms with Crippen LogP contribution in [-0.2, 0) is 16.0 Å². The van der Waals surface area contributed by atoms with E-state index < -0.39 is 0 Å². The first-order valence-electron chi connectivity index (χ1n) is 11.8. The van der Waals surface area contributed by atoms with Crippen molar-refractivity contribution in [1.82, 2.24) is 0 Å². The number of hydrogen-bond donors (Lipinski definition) is 2. The average molecular weight is 463 g/mol. The molecule has 0 aliphatic heterocycles. The fourth-order valence-corrected chi connectivity index (χ4v) is 4.05. The Kier molecular flexibility index (Phi) is 7.97. The summed E-state index contributed by atoms with van der Waals surface area (Å²) in [5.41, 5.74) is 18.8. The highest BCUT2D eigenvalue weighted by molar-refractivity contribution is 5.87. The van der Waals surface area contributed by atoms with Crippen LogP contribution in [0, 0.1) is 0 Å². The number of anilines is 2. The highest BCUT2D eigenvalue weighted by Gasteiger charge is 2.15. The van der Waals surface area contributed by atoms with Gasteiger partial charge in [0.05, 0.1) is 6.61 Å². The molecule has 0 spiro atoms. The molecule has 4 heteroatoms. The zero-order chi connectivity index (χ0) is 24.5. The number of ether oxygens (including phenoxy) is 1. The third kappa shape index (κ3) is 7.08. The molecule has 0 saturated heterocycles. The minimum absolute atomic E-state index is 0.0742. The largest absolute Gasteiger partial charge is 0.462 e. The number of carbonyl (C=O) groups excluding carboxylic acids is 1. The van der Waals surface area contributed by atoms with Gasteiger partial charge in [0.25, 0.3) is 0 Å². The smallest absolute Gasteiger partial charge is 0.330 e. The van der Waals surface area contributed by atoms with Crippen molar-refractivity contribution in [2.45, 2.75) is 18.8 Å². The first-order chi connectivity index (χ1) is 17.1. The summed E-state index contributed by atoms with van der Waals surface area (Å²) in [6, 6.07) is 34.2. The van der Waals surface area contributed by atoms with Crippen LogP contribution in [0.5, 0.6) is 0 Å². The van der Waals surface area contributed by atoms with Gasteiger partial charge < -0.3 is 16.2 Å². The number of nitrogens with two attached hydrogens (primary N) is 2. The molecule has 0 aliphatic carbocycles. The SMILES string of the molecule is Nc1ccc(C(CCOC(=O)/C=C/c2ccc(Cc3ccccc3)cc2)c2ccc(N)cc2)cc1. The number of hydrogen-bond acceptors (Lipinski definition) is 4. The zero-order valence-electron chi connectivity index (χ0n) is 19.6. The van der Waals surface area contributed by atoms with Crippen LogP contribution in [0.3, 0.4) is 0 Å². The summed E-state index contributed by atoms with van der Waals surface area (Å²) in [7, 11) is 0. The number of benzene rings is 4. The van der Waals surface area contributed by atoms with Crippen LogP contribution in [0.25, 0.3) is 6.08 Å². The Morgan fingerprint density at radius 2 is 1.26 bits per heavy atom. The van der Waals surface area contributed by atoms with E-state index >= 15 is 0 Å². The number of nitrogen functional groups attached to an aromatic ring is 2. The van der Waals surface area contributed by atoms with Gasteiger partial charge in [0.1, 0.15) is 0 Å². The maximum absolute atomic E-state index is 12.3. The second-order valence-corrected chi connectivity index (χ2v) is 8.58. The summed E-state index contributed by atoms with van der Waals surface area (Å²) < 4.78 is 5.51. The van der Waals surface area contributed by atoms with E-state index in [0.717, 1.165) is 34.5 Å². The van der Waals surface area contributed by atoms with Gasteiger partial charge in [0, 0.05) is 23.4 Å². The van der Waals surface area contributed by atoms with Crippen molar-refractivity contribution in [2.24, 2.45) is 0 Å². The fraction of sp³-hybridized carbons (Fsp3) is 0.129. The molecule has 0 radical (unpaired) electrons. The van der Waals surface area contributed by atoms with E-state index in [1.807, 2.05) is 78.9 Å². The van der Waals surface area contributed by atoms with Crippen LogP contribution in [0.4, 0.5) is 11.4 Å². The van der Waals surface area contributed by atoms with Gasteiger partial charge in [-0.15, -0.1) is 0 Å². The van der Waals surface area contributed by atoms with Crippen molar-refractivity contribution < 1.29 is 9.53 Å². The monoisotopic (exact) mass is 462 g/mol. The summed E-state index contributed by atoms with van der Waals surface area (Å²) >= 11 is 0. The first kappa shape index (κ1) is 23.8. The van der Waals surface area contributed by atoms with Gasteiger partial charge in [-0.2, -0.15) is 0 Å². The molecule has 0 atom stereocenters. The Labute approximate surface area is 206 Å². The number of rotatable bonds is 9. The van der Waals surface area contributed by atoms with E-state index in [1.54, 1.807) is 6.08 Å². The van der Waals surface area contributed by atoms with Crippen molar-refractivity contribution >= 4 is 23.4 Å². The lowest BCUT2D eigenvalue weighted by atomic mass is 9.88. The van der Waals surface area contributed by atoms with E-state index in [1.165, 1.54) is 17.2 Å². The number of carbonyl (C=O) groups is 1. The van der Waals surface area contributed by atoms with Crippen LogP contribution >= 0.6 is 0 Å². The third-order valence-corrected chi connectivity index (χ3v) is 5.97. The maximum atomic E-state index is 12.3. The highest BCUT2D eigenvalue weighted by atomic mass is 16.5. The fourth-order valence-electron chi connectivity index (χ4n) is 4.05. The summed E-state index contributed by atoms with van der Waals surface area (Å²) in [6.07, 6.45) is 4.80. The third-order valence-electron chi connectivity index (χ3n) is 5.97. The van der Waals surface area contributed by atoms with Crippen molar-refractivity contribution in [3.8, 4) is 0 Å². The van der Waals surface area contributed by atoms with E-state index in [2.05, 4.69) is 24.3 Å².